The zero-order chi connectivity index (χ0) is 10.7. The molecular formula is C12H14ClNO2. The fourth-order valence-corrected chi connectivity index (χ4v) is 1.64. The number of Topliss-reactive ketones (excluding diaryl/α,β-unsaturated/α-hetero) is 1. The summed E-state index contributed by atoms with van der Waals surface area (Å²) in [5.74, 6) is 0.506. The molecular weight excluding hydrogens is 226 g/mol. The number of carbonyl (C=O) groups excluding carboxylic acids is 1. The van der Waals surface area contributed by atoms with Crippen LogP contribution in [0.1, 0.15) is 18.4 Å². The van der Waals surface area contributed by atoms with Gasteiger partial charge >= 0.3 is 0 Å². The van der Waals surface area contributed by atoms with Crippen LogP contribution in [0, 0.1) is 0 Å². The van der Waals surface area contributed by atoms with Crippen LogP contribution < -0.4 is 5.32 Å². The summed E-state index contributed by atoms with van der Waals surface area (Å²) in [4.78, 5) is 11.2. The standard InChI is InChI=1S/C12H13NO2.ClH/c14-11-3-1-2-9(7-11)6-10-8-12(15)4-5-13-10;/h1-3,6-7,13-14H,4-5,8H2;1H. The van der Waals surface area contributed by atoms with E-state index in [2.05, 4.69) is 5.32 Å². The Hall–Kier alpha value is -1.48. The minimum absolute atomic E-state index is 0. The molecule has 16 heavy (non-hydrogen) atoms. The predicted molar refractivity (Wildman–Crippen MR) is 65.6 cm³/mol. The van der Waals surface area contributed by atoms with Crippen molar-refractivity contribution >= 4 is 24.3 Å². The molecule has 2 rings (SSSR count). The number of halogens is 1. The molecule has 0 bridgehead atoms. The van der Waals surface area contributed by atoms with E-state index in [9.17, 15) is 9.90 Å². The van der Waals surface area contributed by atoms with E-state index in [-0.39, 0.29) is 23.9 Å². The van der Waals surface area contributed by atoms with E-state index in [1.54, 1.807) is 18.2 Å². The molecule has 1 aromatic rings. The first-order valence-electron chi connectivity index (χ1n) is 4.99. The van der Waals surface area contributed by atoms with Crippen LogP contribution >= 0.6 is 12.4 Å². The lowest BCUT2D eigenvalue weighted by atomic mass is 10.1. The number of hydrogen-bond donors (Lipinski definition) is 2. The van der Waals surface area contributed by atoms with Crippen LogP contribution in [-0.2, 0) is 4.79 Å². The van der Waals surface area contributed by atoms with Crippen LogP contribution in [0.5, 0.6) is 5.75 Å². The number of rotatable bonds is 1. The van der Waals surface area contributed by atoms with Crippen molar-refractivity contribution in [1.29, 1.82) is 0 Å². The number of carbonyl (C=O) groups is 1. The molecule has 0 unspecified atom stereocenters. The molecule has 1 saturated heterocycles. The Morgan fingerprint density at radius 1 is 1.38 bits per heavy atom. The van der Waals surface area contributed by atoms with Gasteiger partial charge in [0, 0.05) is 25.1 Å². The molecule has 2 N–H and O–H groups in total. The molecule has 0 saturated carbocycles. The van der Waals surface area contributed by atoms with Crippen molar-refractivity contribution < 1.29 is 9.90 Å². The van der Waals surface area contributed by atoms with Crippen LogP contribution in [0.4, 0.5) is 0 Å². The van der Waals surface area contributed by atoms with E-state index in [0.29, 0.717) is 19.4 Å². The van der Waals surface area contributed by atoms with Gasteiger partial charge in [0.2, 0.25) is 0 Å². The van der Waals surface area contributed by atoms with Crippen molar-refractivity contribution in [1.82, 2.24) is 5.32 Å². The number of allylic oxidation sites excluding steroid dienone is 1. The number of aromatic hydroxyl groups is 1. The Kier molecular flexibility index (Phi) is 4.38. The summed E-state index contributed by atoms with van der Waals surface area (Å²) >= 11 is 0. The van der Waals surface area contributed by atoms with Crippen molar-refractivity contribution in [3.63, 3.8) is 0 Å². The number of benzene rings is 1. The molecule has 1 aliphatic heterocycles. The Balaban J connectivity index is 0.00000128. The van der Waals surface area contributed by atoms with Crippen LogP contribution in [0.2, 0.25) is 0 Å². The first-order valence-corrected chi connectivity index (χ1v) is 4.99. The van der Waals surface area contributed by atoms with E-state index in [0.717, 1.165) is 11.3 Å². The summed E-state index contributed by atoms with van der Waals surface area (Å²) in [7, 11) is 0. The third-order valence-corrected chi connectivity index (χ3v) is 2.35. The maximum absolute atomic E-state index is 11.2. The van der Waals surface area contributed by atoms with E-state index < -0.39 is 0 Å². The zero-order valence-corrected chi connectivity index (χ0v) is 9.59. The number of hydrogen-bond acceptors (Lipinski definition) is 3. The normalized spacial score (nSPS) is 17.8. The molecule has 0 aliphatic carbocycles. The number of phenolic OH excluding ortho intramolecular Hbond substituents is 1. The fraction of sp³-hybridized carbons (Fsp3) is 0.250. The minimum Gasteiger partial charge on any atom is -0.508 e. The first kappa shape index (κ1) is 12.6. The lowest BCUT2D eigenvalue weighted by Crippen LogP contribution is -2.25. The van der Waals surface area contributed by atoms with Gasteiger partial charge in [0.05, 0.1) is 0 Å². The summed E-state index contributed by atoms with van der Waals surface area (Å²) < 4.78 is 0. The highest BCUT2D eigenvalue weighted by Gasteiger charge is 2.11. The molecule has 1 fully saturated rings. The maximum atomic E-state index is 11.2. The topological polar surface area (TPSA) is 49.3 Å². The Morgan fingerprint density at radius 3 is 2.88 bits per heavy atom. The summed E-state index contributed by atoms with van der Waals surface area (Å²) in [6.45, 7) is 0.712. The van der Waals surface area contributed by atoms with Gasteiger partial charge in [-0.25, -0.2) is 0 Å². The maximum Gasteiger partial charge on any atom is 0.140 e. The van der Waals surface area contributed by atoms with E-state index in [4.69, 9.17) is 0 Å². The van der Waals surface area contributed by atoms with E-state index in [1.165, 1.54) is 0 Å². The average Bonchev–Trinajstić information content (AvgIpc) is 2.17. The van der Waals surface area contributed by atoms with Crippen LogP contribution in [0.15, 0.2) is 30.0 Å². The molecule has 0 radical (unpaired) electrons. The second-order valence-electron chi connectivity index (χ2n) is 3.66. The zero-order valence-electron chi connectivity index (χ0n) is 8.77. The lowest BCUT2D eigenvalue weighted by Gasteiger charge is -2.15. The van der Waals surface area contributed by atoms with Gasteiger partial charge < -0.3 is 10.4 Å². The van der Waals surface area contributed by atoms with Gasteiger partial charge in [-0.2, -0.15) is 0 Å². The predicted octanol–water partition coefficient (Wildman–Crippen LogP) is 2.11. The SMILES string of the molecule is Cl.O=C1CCNC(=Cc2cccc(O)c2)C1. The van der Waals surface area contributed by atoms with Gasteiger partial charge in [0.1, 0.15) is 11.5 Å². The molecule has 0 atom stereocenters. The van der Waals surface area contributed by atoms with Crippen molar-refractivity contribution in [2.45, 2.75) is 12.8 Å². The third kappa shape index (κ3) is 3.28. The number of phenols is 1. The molecule has 0 spiro atoms. The summed E-state index contributed by atoms with van der Waals surface area (Å²) in [5.41, 5.74) is 1.84. The van der Waals surface area contributed by atoms with Crippen LogP contribution in [-0.4, -0.2) is 17.4 Å². The minimum atomic E-state index is 0. The molecule has 3 nitrogen and oxygen atoms in total. The van der Waals surface area contributed by atoms with Crippen molar-refractivity contribution in [3.8, 4) is 5.75 Å². The van der Waals surface area contributed by atoms with Gasteiger partial charge in [-0.3, -0.25) is 4.79 Å². The average molecular weight is 240 g/mol. The van der Waals surface area contributed by atoms with Gasteiger partial charge in [0.25, 0.3) is 0 Å². The quantitative estimate of drug-likeness (QED) is 0.789. The smallest absolute Gasteiger partial charge is 0.140 e. The molecule has 1 aliphatic rings. The molecule has 86 valence electrons. The second kappa shape index (κ2) is 5.56. The van der Waals surface area contributed by atoms with Gasteiger partial charge in [-0.1, -0.05) is 12.1 Å². The number of nitrogens with one attached hydrogen (secondary N) is 1. The highest BCUT2D eigenvalue weighted by atomic mass is 35.5. The highest BCUT2D eigenvalue weighted by Crippen LogP contribution is 2.16. The van der Waals surface area contributed by atoms with Crippen molar-refractivity contribution in [2.75, 3.05) is 6.54 Å². The Bertz CT molecular complexity index is 415. The lowest BCUT2D eigenvalue weighted by molar-refractivity contribution is -0.119. The van der Waals surface area contributed by atoms with Crippen molar-refractivity contribution in [3.05, 3.63) is 35.5 Å². The summed E-state index contributed by atoms with van der Waals surface area (Å²) in [5, 5.41) is 12.5. The largest absolute Gasteiger partial charge is 0.508 e. The third-order valence-electron chi connectivity index (χ3n) is 2.35. The molecule has 4 heteroatoms. The highest BCUT2D eigenvalue weighted by molar-refractivity contribution is 5.85. The second-order valence-corrected chi connectivity index (χ2v) is 3.66. The van der Waals surface area contributed by atoms with Gasteiger partial charge in [-0.05, 0) is 23.8 Å². The van der Waals surface area contributed by atoms with Crippen molar-refractivity contribution in [2.24, 2.45) is 0 Å². The number of ketones is 1. The fourth-order valence-electron chi connectivity index (χ4n) is 1.64. The monoisotopic (exact) mass is 239 g/mol. The van der Waals surface area contributed by atoms with E-state index >= 15 is 0 Å². The molecule has 0 amide bonds. The molecule has 0 aromatic heterocycles. The Labute approximate surface area is 101 Å². The summed E-state index contributed by atoms with van der Waals surface area (Å²) in [6, 6.07) is 6.98. The molecule has 1 heterocycles. The van der Waals surface area contributed by atoms with Gasteiger partial charge in [0.15, 0.2) is 0 Å². The Morgan fingerprint density at radius 2 is 2.19 bits per heavy atom. The number of piperidine rings is 1. The van der Waals surface area contributed by atoms with Crippen LogP contribution in [0.25, 0.3) is 6.08 Å². The van der Waals surface area contributed by atoms with Gasteiger partial charge in [-0.15, -0.1) is 12.4 Å². The summed E-state index contributed by atoms with van der Waals surface area (Å²) in [6.07, 6.45) is 2.98. The molecule has 1 aromatic carbocycles. The van der Waals surface area contributed by atoms with E-state index in [1.807, 2.05) is 12.1 Å². The first-order chi connectivity index (χ1) is 7.24. The van der Waals surface area contributed by atoms with Crippen LogP contribution in [0.3, 0.4) is 0 Å².